The average Bonchev–Trinajstić information content (AvgIpc) is 2.69. The molecule has 112 valence electrons. The second kappa shape index (κ2) is 7.72. The van der Waals surface area contributed by atoms with Crippen molar-refractivity contribution < 1.29 is 8.78 Å². The first-order valence-corrected chi connectivity index (χ1v) is 7.83. The van der Waals surface area contributed by atoms with Crippen LogP contribution in [0.3, 0.4) is 0 Å². The Balaban J connectivity index is 1.81. The second-order valence-corrected chi connectivity index (χ2v) is 6.07. The van der Waals surface area contributed by atoms with E-state index in [2.05, 4.69) is 5.32 Å². The molecule has 0 heterocycles. The van der Waals surface area contributed by atoms with E-state index >= 15 is 0 Å². The molecular formula is C17H25F2N. The Morgan fingerprint density at radius 3 is 2.30 bits per heavy atom. The standard InChI is InChI=1S/C17H25F2N/c1-13(11-15-16(18)9-6-10-17(15)19)20-12-14-7-4-2-3-5-8-14/h6,9-10,13-14,20H,2-5,7-8,11-12H2,1H3. The topological polar surface area (TPSA) is 12.0 Å². The lowest BCUT2D eigenvalue weighted by atomic mass is 9.99. The molecule has 0 amide bonds. The fourth-order valence-corrected chi connectivity index (χ4v) is 3.04. The summed E-state index contributed by atoms with van der Waals surface area (Å²) in [4.78, 5) is 0. The van der Waals surface area contributed by atoms with Crippen molar-refractivity contribution in [1.29, 1.82) is 0 Å². The minimum atomic E-state index is -0.437. The van der Waals surface area contributed by atoms with Crippen molar-refractivity contribution in [2.45, 2.75) is 57.9 Å². The van der Waals surface area contributed by atoms with E-state index in [9.17, 15) is 8.78 Å². The van der Waals surface area contributed by atoms with Gasteiger partial charge in [-0.2, -0.15) is 0 Å². The molecule has 1 aliphatic rings. The summed E-state index contributed by atoms with van der Waals surface area (Å²) < 4.78 is 27.2. The van der Waals surface area contributed by atoms with E-state index in [0.717, 1.165) is 12.5 Å². The molecule has 1 aromatic rings. The van der Waals surface area contributed by atoms with Crippen molar-refractivity contribution >= 4 is 0 Å². The number of hydrogen-bond acceptors (Lipinski definition) is 1. The summed E-state index contributed by atoms with van der Waals surface area (Å²) in [5, 5.41) is 3.45. The second-order valence-electron chi connectivity index (χ2n) is 6.07. The molecule has 1 N–H and O–H groups in total. The smallest absolute Gasteiger partial charge is 0.129 e. The van der Waals surface area contributed by atoms with Gasteiger partial charge in [0.2, 0.25) is 0 Å². The molecule has 3 heteroatoms. The molecule has 0 bridgehead atoms. The zero-order chi connectivity index (χ0) is 14.4. The Morgan fingerprint density at radius 2 is 1.70 bits per heavy atom. The Bertz CT molecular complexity index is 391. The Hall–Kier alpha value is -0.960. The third-order valence-corrected chi connectivity index (χ3v) is 4.30. The van der Waals surface area contributed by atoms with Gasteiger partial charge >= 0.3 is 0 Å². The largest absolute Gasteiger partial charge is 0.314 e. The maximum absolute atomic E-state index is 13.6. The van der Waals surface area contributed by atoms with Crippen molar-refractivity contribution in [1.82, 2.24) is 5.32 Å². The van der Waals surface area contributed by atoms with Crippen LogP contribution in [-0.2, 0) is 6.42 Å². The van der Waals surface area contributed by atoms with Gasteiger partial charge in [-0.3, -0.25) is 0 Å². The molecule has 1 aliphatic carbocycles. The van der Waals surface area contributed by atoms with Gasteiger partial charge in [0, 0.05) is 11.6 Å². The molecule has 0 radical (unpaired) electrons. The lowest BCUT2D eigenvalue weighted by Gasteiger charge is -2.20. The Labute approximate surface area is 120 Å². The van der Waals surface area contributed by atoms with Gasteiger partial charge in [-0.05, 0) is 50.8 Å². The molecule has 1 unspecified atom stereocenters. The van der Waals surface area contributed by atoms with Crippen LogP contribution in [0.15, 0.2) is 18.2 Å². The van der Waals surface area contributed by atoms with E-state index < -0.39 is 11.6 Å². The summed E-state index contributed by atoms with van der Waals surface area (Å²) in [7, 11) is 0. The van der Waals surface area contributed by atoms with Crippen LogP contribution in [0, 0.1) is 17.6 Å². The highest BCUT2D eigenvalue weighted by atomic mass is 19.1. The van der Waals surface area contributed by atoms with E-state index in [-0.39, 0.29) is 11.6 Å². The minimum absolute atomic E-state index is 0.102. The van der Waals surface area contributed by atoms with E-state index in [0.29, 0.717) is 6.42 Å². The summed E-state index contributed by atoms with van der Waals surface area (Å²) in [5.74, 6) is -0.147. The fraction of sp³-hybridized carbons (Fsp3) is 0.647. The molecule has 0 aromatic heterocycles. The van der Waals surface area contributed by atoms with Crippen molar-refractivity contribution in [2.75, 3.05) is 6.54 Å². The highest BCUT2D eigenvalue weighted by Gasteiger charge is 2.15. The van der Waals surface area contributed by atoms with E-state index in [4.69, 9.17) is 0 Å². The van der Waals surface area contributed by atoms with Gasteiger partial charge in [0.05, 0.1) is 0 Å². The van der Waals surface area contributed by atoms with Crippen LogP contribution in [0.25, 0.3) is 0 Å². The first kappa shape index (κ1) is 15.4. The first-order valence-electron chi connectivity index (χ1n) is 7.83. The molecule has 1 aromatic carbocycles. The highest BCUT2D eigenvalue weighted by Crippen LogP contribution is 2.22. The Kier molecular flexibility index (Phi) is 5.96. The molecule has 1 fully saturated rings. The predicted molar refractivity (Wildman–Crippen MR) is 78.7 cm³/mol. The zero-order valence-electron chi connectivity index (χ0n) is 12.3. The molecule has 2 rings (SSSR count). The van der Waals surface area contributed by atoms with Crippen molar-refractivity contribution in [3.8, 4) is 0 Å². The quantitative estimate of drug-likeness (QED) is 0.786. The molecule has 20 heavy (non-hydrogen) atoms. The molecule has 0 saturated heterocycles. The molecular weight excluding hydrogens is 256 g/mol. The number of rotatable bonds is 5. The van der Waals surface area contributed by atoms with Gasteiger partial charge in [0.15, 0.2) is 0 Å². The lowest BCUT2D eigenvalue weighted by molar-refractivity contribution is 0.394. The third-order valence-electron chi connectivity index (χ3n) is 4.30. The number of nitrogens with one attached hydrogen (secondary N) is 1. The maximum atomic E-state index is 13.6. The molecule has 0 spiro atoms. The van der Waals surface area contributed by atoms with Crippen molar-refractivity contribution in [3.05, 3.63) is 35.4 Å². The average molecular weight is 281 g/mol. The Morgan fingerprint density at radius 1 is 1.10 bits per heavy atom. The summed E-state index contributed by atoms with van der Waals surface area (Å²) in [6, 6.07) is 4.18. The molecule has 1 nitrogen and oxygen atoms in total. The van der Waals surface area contributed by atoms with Crippen LogP contribution >= 0.6 is 0 Å². The summed E-state index contributed by atoms with van der Waals surface area (Å²) >= 11 is 0. The monoisotopic (exact) mass is 281 g/mol. The maximum Gasteiger partial charge on any atom is 0.129 e. The third kappa shape index (κ3) is 4.55. The van der Waals surface area contributed by atoms with Gasteiger partial charge in [0.25, 0.3) is 0 Å². The molecule has 1 saturated carbocycles. The van der Waals surface area contributed by atoms with Crippen molar-refractivity contribution in [3.63, 3.8) is 0 Å². The summed E-state index contributed by atoms with van der Waals surface area (Å²) in [5.41, 5.74) is 0.202. The number of hydrogen-bond donors (Lipinski definition) is 1. The zero-order valence-corrected chi connectivity index (χ0v) is 12.3. The lowest BCUT2D eigenvalue weighted by Crippen LogP contribution is -2.33. The highest BCUT2D eigenvalue weighted by molar-refractivity contribution is 5.20. The van der Waals surface area contributed by atoms with Gasteiger partial charge in [-0.25, -0.2) is 8.78 Å². The van der Waals surface area contributed by atoms with Gasteiger partial charge in [-0.15, -0.1) is 0 Å². The van der Waals surface area contributed by atoms with Crippen LogP contribution in [-0.4, -0.2) is 12.6 Å². The van der Waals surface area contributed by atoms with E-state index in [1.165, 1.54) is 56.7 Å². The minimum Gasteiger partial charge on any atom is -0.314 e. The fourth-order valence-electron chi connectivity index (χ4n) is 3.04. The van der Waals surface area contributed by atoms with Gasteiger partial charge in [0.1, 0.15) is 11.6 Å². The normalized spacial score (nSPS) is 18.8. The summed E-state index contributed by atoms with van der Waals surface area (Å²) in [6.45, 7) is 2.97. The van der Waals surface area contributed by atoms with Gasteiger partial charge < -0.3 is 5.32 Å². The SMILES string of the molecule is CC(Cc1c(F)cccc1F)NCC1CCCCCC1. The number of halogens is 2. The van der Waals surface area contributed by atoms with Crippen LogP contribution < -0.4 is 5.32 Å². The van der Waals surface area contributed by atoms with Crippen LogP contribution in [0.5, 0.6) is 0 Å². The predicted octanol–water partition coefficient (Wildman–Crippen LogP) is 4.46. The molecule has 1 atom stereocenters. The van der Waals surface area contributed by atoms with Crippen LogP contribution in [0.4, 0.5) is 8.78 Å². The van der Waals surface area contributed by atoms with Crippen LogP contribution in [0.2, 0.25) is 0 Å². The van der Waals surface area contributed by atoms with Gasteiger partial charge in [-0.1, -0.05) is 31.7 Å². The molecule has 0 aliphatic heterocycles. The van der Waals surface area contributed by atoms with E-state index in [1.54, 1.807) is 0 Å². The summed E-state index contributed by atoms with van der Waals surface area (Å²) in [6.07, 6.45) is 8.33. The van der Waals surface area contributed by atoms with Crippen LogP contribution in [0.1, 0.15) is 51.0 Å². The first-order chi connectivity index (χ1) is 9.66. The van der Waals surface area contributed by atoms with Crippen molar-refractivity contribution in [2.24, 2.45) is 5.92 Å². The van der Waals surface area contributed by atoms with E-state index in [1.807, 2.05) is 6.92 Å². The number of benzene rings is 1.